The van der Waals surface area contributed by atoms with Gasteiger partial charge in [-0.15, -0.1) is 0 Å². The number of hydrogen-bond donors (Lipinski definition) is 0. The number of hydrogen-bond acceptors (Lipinski definition) is 5. The Morgan fingerprint density at radius 1 is 0.304 bits per heavy atom. The number of aromatic nitrogens is 3. The molecule has 0 fully saturated rings. The Hall–Kier alpha value is -7.63. The first-order valence-corrected chi connectivity index (χ1v) is 18.2. The van der Waals surface area contributed by atoms with Crippen molar-refractivity contribution >= 4 is 43.9 Å². The van der Waals surface area contributed by atoms with E-state index in [0.29, 0.717) is 28.1 Å². The summed E-state index contributed by atoms with van der Waals surface area (Å²) in [7, 11) is 0. The molecule has 0 N–H and O–H groups in total. The van der Waals surface area contributed by atoms with Gasteiger partial charge in [0.05, 0.1) is 8.22 Å². The van der Waals surface area contributed by atoms with Crippen LogP contribution in [0.5, 0.6) is 0 Å². The molecule has 262 valence electrons. The average Bonchev–Trinajstić information content (AvgIpc) is 3.91. The lowest BCUT2D eigenvalue weighted by Gasteiger charge is -2.09. The summed E-state index contributed by atoms with van der Waals surface area (Å²) < 4.78 is 68.3. The third-order valence-electron chi connectivity index (χ3n) is 10.0. The van der Waals surface area contributed by atoms with Gasteiger partial charge in [-0.25, -0.2) is 15.0 Å². The molecule has 8 aromatic carbocycles. The minimum Gasteiger partial charge on any atom is -0.456 e. The third kappa shape index (κ3) is 5.62. The van der Waals surface area contributed by atoms with Crippen LogP contribution in [0.15, 0.2) is 197 Å². The van der Waals surface area contributed by atoms with Crippen molar-refractivity contribution in [3.63, 3.8) is 0 Å². The Morgan fingerprint density at radius 2 is 0.857 bits per heavy atom. The highest BCUT2D eigenvalue weighted by Crippen LogP contribution is 2.37. The zero-order valence-electron chi connectivity index (χ0n) is 35.6. The molecule has 11 aromatic rings. The lowest BCUT2D eigenvalue weighted by molar-refractivity contribution is 0.668. The molecule has 0 saturated heterocycles. The monoisotopic (exact) mass is 723 g/mol. The van der Waals surface area contributed by atoms with E-state index < -0.39 is 0 Å². The highest BCUT2D eigenvalue weighted by atomic mass is 16.3. The topological polar surface area (TPSA) is 65.0 Å². The molecule has 0 spiro atoms. The third-order valence-corrected chi connectivity index (χ3v) is 10.0. The Kier molecular flexibility index (Phi) is 6.10. The van der Waals surface area contributed by atoms with E-state index in [2.05, 4.69) is 0 Å². The Morgan fingerprint density at radius 3 is 1.64 bits per heavy atom. The van der Waals surface area contributed by atoms with Crippen LogP contribution in [0.25, 0.3) is 111 Å². The Bertz CT molecular complexity index is 3590. The highest BCUT2D eigenvalue weighted by Gasteiger charge is 2.17. The molecule has 0 aliphatic carbocycles. The minimum atomic E-state index is -0.350. The summed E-state index contributed by atoms with van der Waals surface area (Å²) in [4.78, 5) is 14.7. The van der Waals surface area contributed by atoms with E-state index in [4.69, 9.17) is 26.5 Å². The van der Waals surface area contributed by atoms with Crippen LogP contribution < -0.4 is 0 Å². The summed E-state index contributed by atoms with van der Waals surface area (Å²) in [5.74, 6) is 0.555. The molecule has 0 bridgehead atoms. The molecule has 0 unspecified atom stereocenters. The quantitative estimate of drug-likeness (QED) is 0.171. The van der Waals surface area contributed by atoms with Gasteiger partial charge in [-0.3, -0.25) is 0 Å². The molecule has 0 amide bonds. The average molecular weight is 724 g/mol. The van der Waals surface area contributed by atoms with E-state index in [9.17, 15) is 5.48 Å². The van der Waals surface area contributed by atoms with Crippen LogP contribution in [0, 0.1) is 0 Å². The van der Waals surface area contributed by atoms with Crippen LogP contribution in [0.2, 0.25) is 0 Å². The second-order valence-electron chi connectivity index (χ2n) is 13.5. The predicted molar refractivity (Wildman–Crippen MR) is 227 cm³/mol. The maximum absolute atomic E-state index is 9.55. The Balaban J connectivity index is 1.11. The number of para-hydroxylation sites is 1. The molecule has 0 atom stereocenters. The first-order valence-electron chi connectivity index (χ1n) is 21.2. The van der Waals surface area contributed by atoms with Gasteiger partial charge in [0.2, 0.25) is 0 Å². The van der Waals surface area contributed by atoms with Crippen molar-refractivity contribution in [2.24, 2.45) is 0 Å². The summed E-state index contributed by atoms with van der Waals surface area (Å²) in [5.41, 5.74) is 7.11. The van der Waals surface area contributed by atoms with Gasteiger partial charge < -0.3 is 8.83 Å². The second-order valence-corrected chi connectivity index (χ2v) is 13.5. The molecule has 0 radical (unpaired) electrons. The predicted octanol–water partition coefficient (Wildman–Crippen LogP) is 13.7. The number of fused-ring (bicyclic) bond motifs is 6. The maximum atomic E-state index is 9.55. The van der Waals surface area contributed by atoms with Crippen molar-refractivity contribution in [2.75, 3.05) is 0 Å². The maximum Gasteiger partial charge on any atom is 0.164 e. The standard InChI is InChI=1S/C51H31N3O2/c1-3-10-32(11-4-1)34-18-20-35(21-19-34)49-52-50(39-24-27-46-44(30-39)41-16-7-8-17-45(41)55-46)54-51(53-49)40-22-25-42-43-29-38(23-26-47(43)56-48(42)31-40)37-15-9-14-36(28-37)33-12-5-2-6-13-33/h1-31H/i22D,23D,25D,26D,29D,31D. The molecule has 56 heavy (non-hydrogen) atoms. The molecule has 3 aromatic heterocycles. The zero-order valence-corrected chi connectivity index (χ0v) is 29.6. The summed E-state index contributed by atoms with van der Waals surface area (Å²) in [6.07, 6.45) is 0. The van der Waals surface area contributed by atoms with Crippen LogP contribution in [-0.2, 0) is 0 Å². The van der Waals surface area contributed by atoms with E-state index in [0.717, 1.165) is 38.6 Å². The van der Waals surface area contributed by atoms with E-state index in [1.165, 1.54) is 0 Å². The van der Waals surface area contributed by atoms with Gasteiger partial charge >= 0.3 is 0 Å². The lowest BCUT2D eigenvalue weighted by atomic mass is 9.98. The smallest absolute Gasteiger partial charge is 0.164 e. The molecule has 0 aliphatic rings. The molecule has 0 aliphatic heterocycles. The van der Waals surface area contributed by atoms with Crippen molar-refractivity contribution in [3.05, 3.63) is 188 Å². The molecular formula is C51H31N3O2. The van der Waals surface area contributed by atoms with E-state index in [1.54, 1.807) is 6.07 Å². The minimum absolute atomic E-state index is 0.0167. The SMILES string of the molecule is [2H]c1c(-c2cccc(-c3ccccc3)c2)c([2H])c2c(oc3c([2H])c(-c4nc(-c5ccc(-c6ccccc6)cc5)nc(-c5ccc6oc7ccccc7c6c5)n4)c([2H])c([2H])c32)c1[2H]. The van der Waals surface area contributed by atoms with E-state index >= 15 is 0 Å². The molecule has 3 heterocycles. The van der Waals surface area contributed by atoms with E-state index in [-0.39, 0.29) is 81.0 Å². The molecule has 5 nitrogen and oxygen atoms in total. The van der Waals surface area contributed by atoms with Crippen LogP contribution in [0.3, 0.4) is 0 Å². The number of rotatable bonds is 6. The number of benzene rings is 8. The lowest BCUT2D eigenvalue weighted by Crippen LogP contribution is -2.00. The van der Waals surface area contributed by atoms with Gasteiger partial charge in [-0.05, 0) is 87.9 Å². The van der Waals surface area contributed by atoms with Gasteiger partial charge in [0.15, 0.2) is 17.5 Å². The van der Waals surface area contributed by atoms with Gasteiger partial charge in [-0.2, -0.15) is 0 Å². The summed E-state index contributed by atoms with van der Waals surface area (Å²) in [5, 5.41) is 1.93. The van der Waals surface area contributed by atoms with Gasteiger partial charge in [0.1, 0.15) is 22.3 Å². The fraction of sp³-hybridized carbons (Fsp3) is 0. The van der Waals surface area contributed by atoms with Crippen molar-refractivity contribution < 1.29 is 17.1 Å². The molecule has 5 heteroatoms. The normalized spacial score (nSPS) is 13.1. The van der Waals surface area contributed by atoms with Gasteiger partial charge in [0, 0.05) is 38.2 Å². The Labute approximate surface area is 330 Å². The van der Waals surface area contributed by atoms with Gasteiger partial charge in [0.25, 0.3) is 0 Å². The summed E-state index contributed by atoms with van der Waals surface area (Å²) in [6.45, 7) is 0. The van der Waals surface area contributed by atoms with E-state index in [1.807, 2.05) is 146 Å². The van der Waals surface area contributed by atoms with Crippen LogP contribution in [0.4, 0.5) is 0 Å². The largest absolute Gasteiger partial charge is 0.456 e. The van der Waals surface area contributed by atoms with Crippen molar-refractivity contribution in [1.82, 2.24) is 15.0 Å². The number of nitrogens with zero attached hydrogens (tertiary/aromatic N) is 3. The van der Waals surface area contributed by atoms with Crippen molar-refractivity contribution in [3.8, 4) is 67.5 Å². The van der Waals surface area contributed by atoms with Crippen molar-refractivity contribution in [1.29, 1.82) is 0 Å². The molecule has 11 rings (SSSR count). The van der Waals surface area contributed by atoms with Crippen LogP contribution >= 0.6 is 0 Å². The molecular weight excluding hydrogens is 687 g/mol. The van der Waals surface area contributed by atoms with Crippen LogP contribution in [-0.4, -0.2) is 15.0 Å². The first kappa shape index (κ1) is 26.2. The van der Waals surface area contributed by atoms with Crippen LogP contribution in [0.1, 0.15) is 8.22 Å². The summed E-state index contributed by atoms with van der Waals surface area (Å²) >= 11 is 0. The van der Waals surface area contributed by atoms with Gasteiger partial charge in [-0.1, -0.05) is 133 Å². The second kappa shape index (κ2) is 13.0. The van der Waals surface area contributed by atoms with Crippen molar-refractivity contribution in [2.45, 2.75) is 0 Å². The zero-order chi connectivity index (χ0) is 42.2. The highest BCUT2D eigenvalue weighted by molar-refractivity contribution is 6.08. The summed E-state index contributed by atoms with van der Waals surface area (Å²) in [6, 6.07) is 46.8. The molecule has 0 saturated carbocycles. The first-order chi connectivity index (χ1) is 30.2. The fourth-order valence-electron chi connectivity index (χ4n) is 7.19. The fourth-order valence-corrected chi connectivity index (χ4v) is 7.19. The number of furan rings is 2.